The molecule has 1 N–H and O–H groups in total. The molecule has 0 radical (unpaired) electrons. The standard InChI is InChI=1S/C14H23NO3S/c1-9-15(11(8-19-9)13(17)18)12(16)10-6-4-5-7-14(10,2)3/h9-11H,4-8H2,1-3H3,(H,17,18). The third-order valence-corrected chi connectivity index (χ3v) is 5.79. The lowest BCUT2D eigenvalue weighted by Gasteiger charge is -2.41. The van der Waals surface area contributed by atoms with Gasteiger partial charge in [0.15, 0.2) is 0 Å². The van der Waals surface area contributed by atoms with Crippen LogP contribution in [0.2, 0.25) is 0 Å². The smallest absolute Gasteiger partial charge is 0.327 e. The summed E-state index contributed by atoms with van der Waals surface area (Å²) in [6, 6.07) is -0.648. The van der Waals surface area contributed by atoms with Crippen molar-refractivity contribution in [1.29, 1.82) is 0 Å². The summed E-state index contributed by atoms with van der Waals surface area (Å²) in [7, 11) is 0. The second-order valence-corrected chi connectivity index (χ2v) is 7.67. The number of carbonyl (C=O) groups is 2. The fourth-order valence-electron chi connectivity index (χ4n) is 3.30. The van der Waals surface area contributed by atoms with Crippen molar-refractivity contribution in [3.8, 4) is 0 Å². The van der Waals surface area contributed by atoms with Gasteiger partial charge in [0.05, 0.1) is 5.37 Å². The predicted molar refractivity (Wildman–Crippen MR) is 75.9 cm³/mol. The van der Waals surface area contributed by atoms with Gasteiger partial charge in [-0.1, -0.05) is 26.7 Å². The quantitative estimate of drug-likeness (QED) is 0.847. The van der Waals surface area contributed by atoms with Crippen LogP contribution in [0.3, 0.4) is 0 Å². The van der Waals surface area contributed by atoms with Crippen LogP contribution in [0.15, 0.2) is 0 Å². The molecule has 1 saturated heterocycles. The van der Waals surface area contributed by atoms with Crippen LogP contribution in [0.25, 0.3) is 0 Å². The molecule has 1 aliphatic heterocycles. The minimum Gasteiger partial charge on any atom is -0.480 e. The van der Waals surface area contributed by atoms with E-state index in [1.54, 1.807) is 16.7 Å². The van der Waals surface area contributed by atoms with Crippen LogP contribution in [0.1, 0.15) is 46.5 Å². The van der Waals surface area contributed by atoms with E-state index in [2.05, 4.69) is 13.8 Å². The average Bonchev–Trinajstić information content (AvgIpc) is 2.70. The summed E-state index contributed by atoms with van der Waals surface area (Å²) in [6.45, 7) is 6.21. The monoisotopic (exact) mass is 285 g/mol. The maximum absolute atomic E-state index is 12.8. The van der Waals surface area contributed by atoms with Crippen LogP contribution in [-0.4, -0.2) is 39.1 Å². The molecule has 0 spiro atoms. The number of rotatable bonds is 2. The largest absolute Gasteiger partial charge is 0.480 e. The number of amides is 1. The van der Waals surface area contributed by atoms with Crippen molar-refractivity contribution in [3.05, 3.63) is 0 Å². The van der Waals surface area contributed by atoms with E-state index < -0.39 is 12.0 Å². The van der Waals surface area contributed by atoms with Crippen molar-refractivity contribution in [2.75, 3.05) is 5.75 Å². The van der Waals surface area contributed by atoms with E-state index in [-0.39, 0.29) is 22.6 Å². The molecule has 2 aliphatic rings. The zero-order chi connectivity index (χ0) is 14.2. The van der Waals surface area contributed by atoms with E-state index >= 15 is 0 Å². The molecule has 0 aromatic heterocycles. The maximum atomic E-state index is 12.8. The highest BCUT2D eigenvalue weighted by Crippen LogP contribution is 2.43. The third-order valence-electron chi connectivity index (χ3n) is 4.57. The van der Waals surface area contributed by atoms with Crippen molar-refractivity contribution < 1.29 is 14.7 Å². The van der Waals surface area contributed by atoms with E-state index in [0.717, 1.165) is 19.3 Å². The van der Waals surface area contributed by atoms with Gasteiger partial charge in [-0.3, -0.25) is 4.79 Å². The Hall–Kier alpha value is -0.710. The normalized spacial score (nSPS) is 34.3. The van der Waals surface area contributed by atoms with Crippen molar-refractivity contribution in [2.45, 2.75) is 57.9 Å². The Bertz CT molecular complexity index is 383. The number of carbonyl (C=O) groups excluding carboxylic acids is 1. The molecule has 0 aromatic carbocycles. The Morgan fingerprint density at radius 1 is 1.32 bits per heavy atom. The Morgan fingerprint density at radius 3 is 2.58 bits per heavy atom. The van der Waals surface area contributed by atoms with E-state index in [1.807, 2.05) is 6.92 Å². The van der Waals surface area contributed by atoms with Crippen LogP contribution in [0, 0.1) is 11.3 Å². The van der Waals surface area contributed by atoms with Crippen molar-refractivity contribution in [2.24, 2.45) is 11.3 Å². The summed E-state index contributed by atoms with van der Waals surface area (Å²) in [4.78, 5) is 25.7. The number of carboxylic acid groups (broad SMARTS) is 1. The van der Waals surface area contributed by atoms with Gasteiger partial charge in [-0.2, -0.15) is 0 Å². The van der Waals surface area contributed by atoms with Gasteiger partial charge >= 0.3 is 5.97 Å². The minimum atomic E-state index is -0.876. The molecule has 2 fully saturated rings. The van der Waals surface area contributed by atoms with E-state index in [1.165, 1.54) is 6.42 Å². The minimum absolute atomic E-state index is 0.00857. The van der Waals surface area contributed by atoms with E-state index in [9.17, 15) is 14.7 Å². The van der Waals surface area contributed by atoms with Crippen LogP contribution < -0.4 is 0 Å². The summed E-state index contributed by atoms with van der Waals surface area (Å²) in [5.41, 5.74) is -0.00857. The van der Waals surface area contributed by atoms with Crippen LogP contribution in [-0.2, 0) is 9.59 Å². The van der Waals surface area contributed by atoms with Gasteiger partial charge in [-0.05, 0) is 25.2 Å². The number of hydrogen-bond acceptors (Lipinski definition) is 3. The van der Waals surface area contributed by atoms with Crippen molar-refractivity contribution >= 4 is 23.6 Å². The molecule has 1 amide bonds. The van der Waals surface area contributed by atoms with Crippen molar-refractivity contribution in [3.63, 3.8) is 0 Å². The highest BCUT2D eigenvalue weighted by Gasteiger charge is 2.46. The Balaban J connectivity index is 2.19. The highest BCUT2D eigenvalue weighted by atomic mass is 32.2. The summed E-state index contributed by atoms with van der Waals surface area (Å²) < 4.78 is 0. The summed E-state index contributed by atoms with van der Waals surface area (Å²) >= 11 is 1.56. The fourth-order valence-corrected chi connectivity index (χ4v) is 4.47. The number of hydrogen-bond donors (Lipinski definition) is 1. The molecule has 3 atom stereocenters. The zero-order valence-electron chi connectivity index (χ0n) is 11.9. The van der Waals surface area contributed by atoms with Gasteiger partial charge in [-0.15, -0.1) is 11.8 Å². The molecule has 1 saturated carbocycles. The molecule has 1 heterocycles. The number of aliphatic carboxylic acids is 1. The van der Waals surface area contributed by atoms with E-state index in [4.69, 9.17) is 0 Å². The zero-order valence-corrected chi connectivity index (χ0v) is 12.7. The molecule has 19 heavy (non-hydrogen) atoms. The van der Waals surface area contributed by atoms with Gasteiger partial charge in [0.25, 0.3) is 0 Å². The lowest BCUT2D eigenvalue weighted by Crippen LogP contribution is -2.50. The first kappa shape index (κ1) is 14.7. The molecular weight excluding hydrogens is 262 g/mol. The first-order chi connectivity index (χ1) is 8.84. The van der Waals surface area contributed by atoms with Gasteiger partial charge < -0.3 is 10.0 Å². The SMILES string of the molecule is CC1SCC(C(=O)O)N1C(=O)C1CCCCC1(C)C. The van der Waals surface area contributed by atoms with E-state index in [0.29, 0.717) is 5.75 Å². The fraction of sp³-hybridized carbons (Fsp3) is 0.857. The lowest BCUT2D eigenvalue weighted by atomic mass is 9.68. The van der Waals surface area contributed by atoms with Gasteiger partial charge in [0.2, 0.25) is 5.91 Å². The molecule has 2 rings (SSSR count). The summed E-state index contributed by atoms with van der Waals surface area (Å²) in [6.07, 6.45) is 4.19. The topological polar surface area (TPSA) is 57.6 Å². The Morgan fingerprint density at radius 2 is 2.00 bits per heavy atom. The van der Waals surface area contributed by atoms with Gasteiger partial charge in [0, 0.05) is 11.7 Å². The first-order valence-corrected chi connectivity index (χ1v) is 8.06. The Labute approximate surface area is 118 Å². The molecule has 108 valence electrons. The molecule has 5 heteroatoms. The van der Waals surface area contributed by atoms with Crippen LogP contribution in [0.4, 0.5) is 0 Å². The molecule has 1 aliphatic carbocycles. The average molecular weight is 285 g/mol. The predicted octanol–water partition coefficient (Wildman–Crippen LogP) is 2.58. The molecule has 0 bridgehead atoms. The number of carboxylic acids is 1. The van der Waals surface area contributed by atoms with Gasteiger partial charge in [0.1, 0.15) is 6.04 Å². The number of thioether (sulfide) groups is 1. The molecule has 3 unspecified atom stereocenters. The molecule has 0 aromatic rings. The van der Waals surface area contributed by atoms with Crippen molar-refractivity contribution in [1.82, 2.24) is 4.90 Å². The lowest BCUT2D eigenvalue weighted by molar-refractivity contribution is -0.153. The Kier molecular flexibility index (Phi) is 4.14. The summed E-state index contributed by atoms with van der Waals surface area (Å²) in [5.74, 6) is -0.340. The summed E-state index contributed by atoms with van der Waals surface area (Å²) in [5, 5.41) is 9.25. The van der Waals surface area contributed by atoms with Crippen LogP contribution in [0.5, 0.6) is 0 Å². The van der Waals surface area contributed by atoms with Crippen LogP contribution >= 0.6 is 11.8 Å². The van der Waals surface area contributed by atoms with Gasteiger partial charge in [-0.25, -0.2) is 4.79 Å². The third kappa shape index (κ3) is 2.76. The second kappa shape index (κ2) is 5.35. The molecular formula is C14H23NO3S. The second-order valence-electron chi connectivity index (χ2n) is 6.32. The first-order valence-electron chi connectivity index (χ1n) is 7.01. The highest BCUT2D eigenvalue weighted by molar-refractivity contribution is 8.00. The maximum Gasteiger partial charge on any atom is 0.327 e. The number of nitrogens with zero attached hydrogens (tertiary/aromatic N) is 1. The molecule has 4 nitrogen and oxygen atoms in total.